The lowest BCUT2D eigenvalue weighted by molar-refractivity contribution is -0.119. The zero-order valence-electron chi connectivity index (χ0n) is 14.4. The van der Waals surface area contributed by atoms with Crippen LogP contribution in [0.5, 0.6) is 0 Å². The molecule has 0 aliphatic heterocycles. The Kier molecular flexibility index (Phi) is 3.18. The first-order valence-corrected chi connectivity index (χ1v) is 9.28. The topological polar surface area (TPSA) is 37.3 Å². The summed E-state index contributed by atoms with van der Waals surface area (Å²) in [6.07, 6.45) is 15.6. The number of allylic oxidation sites excluding steroid dienone is 1. The average Bonchev–Trinajstić information content (AvgIpc) is 2.80. The fraction of sp³-hybridized carbons (Fsp3) is 0.762. The van der Waals surface area contributed by atoms with Gasteiger partial charge in [0.2, 0.25) is 0 Å². The number of hydrogen-bond donors (Lipinski definition) is 1. The molecule has 2 unspecified atom stereocenters. The number of hydrogen-bond acceptors (Lipinski definition) is 2. The van der Waals surface area contributed by atoms with Crippen LogP contribution in [-0.2, 0) is 4.79 Å². The van der Waals surface area contributed by atoms with Crippen molar-refractivity contribution in [1.82, 2.24) is 0 Å². The molecule has 0 amide bonds. The fourth-order valence-electron chi connectivity index (χ4n) is 6.81. The van der Waals surface area contributed by atoms with E-state index in [4.69, 9.17) is 6.42 Å². The van der Waals surface area contributed by atoms with E-state index in [1.807, 2.05) is 6.08 Å². The molecule has 6 atom stereocenters. The van der Waals surface area contributed by atoms with Gasteiger partial charge in [-0.15, -0.1) is 6.42 Å². The summed E-state index contributed by atoms with van der Waals surface area (Å²) < 4.78 is 0. The van der Waals surface area contributed by atoms with Gasteiger partial charge >= 0.3 is 0 Å². The SMILES string of the molecule is C#C[C@]1(O)CC[C@H]2[C@@H]3CCC4=CC(=O)CCC4(C)[C@H]3CCC21C. The second-order valence-electron chi connectivity index (χ2n) is 8.97. The van der Waals surface area contributed by atoms with E-state index in [1.54, 1.807) is 0 Å². The molecule has 4 rings (SSSR count). The number of rotatable bonds is 0. The normalized spacial score (nSPS) is 52.0. The first kappa shape index (κ1) is 15.5. The van der Waals surface area contributed by atoms with Gasteiger partial charge in [0.1, 0.15) is 5.60 Å². The van der Waals surface area contributed by atoms with Gasteiger partial charge < -0.3 is 5.11 Å². The molecule has 0 saturated heterocycles. The Morgan fingerprint density at radius 2 is 1.87 bits per heavy atom. The lowest BCUT2D eigenvalue weighted by Crippen LogP contribution is -2.54. The van der Waals surface area contributed by atoms with E-state index in [-0.39, 0.29) is 10.8 Å². The van der Waals surface area contributed by atoms with Crippen LogP contribution in [0.15, 0.2) is 11.6 Å². The Hall–Kier alpha value is -1.07. The summed E-state index contributed by atoms with van der Waals surface area (Å²) in [6, 6.07) is 0. The van der Waals surface area contributed by atoms with Crippen molar-refractivity contribution in [3.8, 4) is 12.3 Å². The number of carbonyl (C=O) groups is 1. The highest BCUT2D eigenvalue weighted by atomic mass is 16.3. The molecule has 0 aromatic heterocycles. The standard InChI is InChI=1S/C21H28O2/c1-4-21(23)12-9-18-16-6-5-14-13-15(22)7-10-19(14,2)17(16)8-11-20(18,21)3/h1,13,16-18,23H,5-12H2,2-3H3/t16-,17+,18+,19?,20?,21+/m1/s1. The van der Waals surface area contributed by atoms with E-state index >= 15 is 0 Å². The third kappa shape index (κ3) is 1.84. The average molecular weight is 312 g/mol. The fourth-order valence-corrected chi connectivity index (χ4v) is 6.81. The molecule has 1 N–H and O–H groups in total. The molecule has 0 aromatic rings. The summed E-state index contributed by atoms with van der Waals surface area (Å²) in [5, 5.41) is 11.0. The maximum absolute atomic E-state index is 11.8. The van der Waals surface area contributed by atoms with Crippen LogP contribution >= 0.6 is 0 Å². The summed E-state index contributed by atoms with van der Waals surface area (Å²) in [5.41, 5.74) is 0.575. The molecule has 23 heavy (non-hydrogen) atoms. The monoisotopic (exact) mass is 312 g/mol. The molecule has 0 radical (unpaired) electrons. The highest BCUT2D eigenvalue weighted by molar-refractivity contribution is 5.91. The summed E-state index contributed by atoms with van der Waals surface area (Å²) in [4.78, 5) is 11.8. The molecule has 3 fully saturated rings. The summed E-state index contributed by atoms with van der Waals surface area (Å²) in [7, 11) is 0. The molecule has 4 aliphatic carbocycles. The van der Waals surface area contributed by atoms with Gasteiger partial charge in [-0.1, -0.05) is 25.3 Å². The Morgan fingerprint density at radius 1 is 1.13 bits per heavy atom. The van der Waals surface area contributed by atoms with Crippen molar-refractivity contribution >= 4 is 5.78 Å². The summed E-state index contributed by atoms with van der Waals surface area (Å²) in [6.45, 7) is 4.63. The molecule has 0 heterocycles. The van der Waals surface area contributed by atoms with Crippen molar-refractivity contribution in [2.24, 2.45) is 28.6 Å². The van der Waals surface area contributed by atoms with E-state index in [0.29, 0.717) is 30.0 Å². The molecule has 4 aliphatic rings. The third-order valence-corrected chi connectivity index (χ3v) is 8.35. The molecule has 0 aromatic carbocycles. The van der Waals surface area contributed by atoms with Crippen LogP contribution < -0.4 is 0 Å². The van der Waals surface area contributed by atoms with Gasteiger partial charge in [0.05, 0.1) is 0 Å². The molecule has 0 spiro atoms. The number of carbonyl (C=O) groups excluding carboxylic acids is 1. The quantitative estimate of drug-likeness (QED) is 0.689. The first-order valence-electron chi connectivity index (χ1n) is 9.28. The van der Waals surface area contributed by atoms with Crippen molar-refractivity contribution in [3.05, 3.63) is 11.6 Å². The third-order valence-electron chi connectivity index (χ3n) is 8.35. The minimum atomic E-state index is -0.914. The van der Waals surface area contributed by atoms with Crippen molar-refractivity contribution in [1.29, 1.82) is 0 Å². The molecule has 0 bridgehead atoms. The summed E-state index contributed by atoms with van der Waals surface area (Å²) in [5.74, 6) is 4.93. The lowest BCUT2D eigenvalue weighted by atomic mass is 9.46. The van der Waals surface area contributed by atoms with Gasteiger partial charge in [0.25, 0.3) is 0 Å². The van der Waals surface area contributed by atoms with E-state index < -0.39 is 5.60 Å². The predicted octanol–water partition coefficient (Wildman–Crippen LogP) is 3.88. The zero-order valence-corrected chi connectivity index (χ0v) is 14.4. The van der Waals surface area contributed by atoms with E-state index in [9.17, 15) is 9.90 Å². The Bertz CT molecular complexity index is 626. The minimum Gasteiger partial charge on any atom is -0.377 e. The molecule has 2 nitrogen and oxygen atoms in total. The highest BCUT2D eigenvalue weighted by Gasteiger charge is 2.63. The zero-order chi connectivity index (χ0) is 16.5. The van der Waals surface area contributed by atoms with Crippen LogP contribution in [0.4, 0.5) is 0 Å². The van der Waals surface area contributed by atoms with Crippen LogP contribution in [0.1, 0.15) is 65.2 Å². The molecule has 124 valence electrons. The van der Waals surface area contributed by atoms with Crippen LogP contribution in [0, 0.1) is 40.9 Å². The molecular weight excluding hydrogens is 284 g/mol. The van der Waals surface area contributed by atoms with Gasteiger partial charge in [0.15, 0.2) is 5.78 Å². The Balaban J connectivity index is 1.70. The van der Waals surface area contributed by atoms with Crippen molar-refractivity contribution in [3.63, 3.8) is 0 Å². The van der Waals surface area contributed by atoms with Gasteiger partial charge in [0, 0.05) is 11.8 Å². The number of aliphatic hydroxyl groups is 1. The number of ketones is 1. The van der Waals surface area contributed by atoms with Crippen LogP contribution in [0.25, 0.3) is 0 Å². The lowest BCUT2D eigenvalue weighted by Gasteiger charge is -2.58. The number of fused-ring (bicyclic) bond motifs is 5. The van der Waals surface area contributed by atoms with Gasteiger partial charge in [-0.3, -0.25) is 4.79 Å². The van der Waals surface area contributed by atoms with Gasteiger partial charge in [-0.2, -0.15) is 0 Å². The van der Waals surface area contributed by atoms with E-state index in [0.717, 1.165) is 38.5 Å². The smallest absolute Gasteiger partial charge is 0.155 e. The maximum atomic E-state index is 11.8. The predicted molar refractivity (Wildman–Crippen MR) is 90.5 cm³/mol. The summed E-state index contributed by atoms with van der Waals surface area (Å²) >= 11 is 0. The van der Waals surface area contributed by atoms with E-state index in [2.05, 4.69) is 19.8 Å². The maximum Gasteiger partial charge on any atom is 0.155 e. The Morgan fingerprint density at radius 3 is 2.61 bits per heavy atom. The second kappa shape index (κ2) is 4.73. The van der Waals surface area contributed by atoms with Crippen molar-refractivity contribution in [2.75, 3.05) is 0 Å². The van der Waals surface area contributed by atoms with Crippen molar-refractivity contribution in [2.45, 2.75) is 70.8 Å². The molecular formula is C21H28O2. The molecule has 2 heteroatoms. The van der Waals surface area contributed by atoms with Gasteiger partial charge in [-0.05, 0) is 74.2 Å². The van der Waals surface area contributed by atoms with Crippen LogP contribution in [-0.4, -0.2) is 16.5 Å². The Labute approximate surface area is 139 Å². The van der Waals surface area contributed by atoms with Crippen LogP contribution in [0.2, 0.25) is 0 Å². The molecule has 3 saturated carbocycles. The largest absolute Gasteiger partial charge is 0.377 e. The van der Waals surface area contributed by atoms with E-state index in [1.165, 1.54) is 12.0 Å². The first-order chi connectivity index (χ1) is 10.8. The van der Waals surface area contributed by atoms with Crippen LogP contribution in [0.3, 0.4) is 0 Å². The second-order valence-corrected chi connectivity index (χ2v) is 8.97. The van der Waals surface area contributed by atoms with Gasteiger partial charge in [-0.25, -0.2) is 0 Å². The van der Waals surface area contributed by atoms with Crippen molar-refractivity contribution < 1.29 is 9.90 Å². The number of terminal acetylenes is 1. The highest BCUT2D eigenvalue weighted by Crippen LogP contribution is 2.67. The minimum absolute atomic E-state index is 0.120.